The van der Waals surface area contributed by atoms with E-state index < -0.39 is 0 Å². The molecule has 1 heterocycles. The number of halogens is 1. The second-order valence-electron chi connectivity index (χ2n) is 17.1. The molecule has 324 valence electrons. The summed E-state index contributed by atoms with van der Waals surface area (Å²) in [6, 6.07) is 9.47. The summed E-state index contributed by atoms with van der Waals surface area (Å²) >= 11 is 5.99. The van der Waals surface area contributed by atoms with Crippen LogP contribution >= 0.6 is 11.6 Å². The molecule has 2 aromatic rings. The number of rotatable bonds is 14. The standard InChI is InChI=1S/C24H29ClO2.C15H24O.C7H16.C4H10.C3H8/c1-8-15(2)22(26)21-14-17(4)23(27-21)20(24(5,6)7)13-16(3)18-9-11-19(25)12-10-18;1-6-9-12(4)10-11-14(13(5)7-2)15(16)8-3;1-5-6-7(2,3)4;1-3-4-2;1-3-2/h9-15H,3,8H2,1-2,4-7H3;8,10-11,16H,5-7,9H2,1-4H3;5-6H2,1-4H3;3-4H2,1-2H3;3H2,1-2H3/b20-13+;12-10-,14-11+,15-8+;;;. The molecular formula is C53H87ClO3. The Morgan fingerprint density at radius 3 is 1.77 bits per heavy atom. The van der Waals surface area contributed by atoms with Crippen molar-refractivity contribution >= 4 is 28.5 Å². The van der Waals surface area contributed by atoms with Crippen LogP contribution in [0.1, 0.15) is 203 Å². The molecule has 57 heavy (non-hydrogen) atoms. The first-order valence-electron chi connectivity index (χ1n) is 21.7. The van der Waals surface area contributed by atoms with Gasteiger partial charge >= 0.3 is 0 Å². The van der Waals surface area contributed by atoms with Gasteiger partial charge in [0.25, 0.3) is 0 Å². The van der Waals surface area contributed by atoms with Crippen molar-refractivity contribution in [3.63, 3.8) is 0 Å². The van der Waals surface area contributed by atoms with Gasteiger partial charge in [-0.15, -0.1) is 0 Å². The quantitative estimate of drug-likeness (QED) is 0.118. The third-order valence-electron chi connectivity index (χ3n) is 8.84. The Bertz CT molecular complexity index is 1540. The number of unbranched alkanes of at least 4 members (excludes halogenated alkanes) is 1. The summed E-state index contributed by atoms with van der Waals surface area (Å²) in [6.07, 6.45) is 18.2. The van der Waals surface area contributed by atoms with Crippen LogP contribution in [0.3, 0.4) is 0 Å². The number of allylic oxidation sites excluding steroid dienone is 8. The first kappa shape index (κ1) is 58.0. The van der Waals surface area contributed by atoms with Crippen LogP contribution in [0, 0.1) is 23.7 Å². The highest BCUT2D eigenvalue weighted by atomic mass is 35.5. The van der Waals surface area contributed by atoms with Crippen LogP contribution in [0.2, 0.25) is 5.02 Å². The lowest BCUT2D eigenvalue weighted by Crippen LogP contribution is -2.10. The molecule has 3 nitrogen and oxygen atoms in total. The number of hydrogen-bond acceptors (Lipinski definition) is 3. The number of carbonyl (C=O) groups is 1. The molecule has 1 aromatic heterocycles. The lowest BCUT2D eigenvalue weighted by Gasteiger charge is -2.23. The molecule has 1 N–H and O–H groups in total. The van der Waals surface area contributed by atoms with Gasteiger partial charge in [-0.3, -0.25) is 4.79 Å². The van der Waals surface area contributed by atoms with Crippen molar-refractivity contribution < 1.29 is 14.3 Å². The van der Waals surface area contributed by atoms with Gasteiger partial charge in [0.15, 0.2) is 5.76 Å². The number of carbonyl (C=O) groups excluding carboxylic acids is 1. The molecule has 0 amide bonds. The molecule has 0 spiro atoms. The van der Waals surface area contributed by atoms with Gasteiger partial charge in [-0.1, -0.05) is 191 Å². The van der Waals surface area contributed by atoms with Crippen molar-refractivity contribution in [2.45, 2.75) is 182 Å². The van der Waals surface area contributed by atoms with E-state index in [2.05, 4.69) is 109 Å². The summed E-state index contributed by atoms with van der Waals surface area (Å²) in [5, 5.41) is 10.5. The molecule has 0 saturated heterocycles. The molecular weight excluding hydrogens is 720 g/mol. The van der Waals surface area contributed by atoms with Crippen molar-refractivity contribution in [2.75, 3.05) is 0 Å². The van der Waals surface area contributed by atoms with E-state index in [1.807, 2.05) is 77.1 Å². The zero-order chi connectivity index (χ0) is 44.9. The molecule has 0 radical (unpaired) electrons. The van der Waals surface area contributed by atoms with Crippen LogP contribution in [0.25, 0.3) is 11.1 Å². The van der Waals surface area contributed by atoms with Gasteiger partial charge in [-0.25, -0.2) is 0 Å². The van der Waals surface area contributed by atoms with Gasteiger partial charge in [0.2, 0.25) is 5.78 Å². The second kappa shape index (κ2) is 31.7. The number of hydrogen-bond donors (Lipinski definition) is 1. The fourth-order valence-corrected chi connectivity index (χ4v) is 5.15. The maximum absolute atomic E-state index is 12.5. The maximum atomic E-state index is 12.5. The third kappa shape index (κ3) is 26.4. The Kier molecular flexibility index (Phi) is 32.2. The van der Waals surface area contributed by atoms with Crippen LogP contribution in [0.15, 0.2) is 94.7 Å². The Hall–Kier alpha value is -3.30. The zero-order valence-electron chi connectivity index (χ0n) is 40.2. The number of aryl methyl sites for hydroxylation is 1. The predicted molar refractivity (Wildman–Crippen MR) is 259 cm³/mol. The van der Waals surface area contributed by atoms with Crippen molar-refractivity contribution in [1.82, 2.24) is 0 Å². The van der Waals surface area contributed by atoms with Gasteiger partial charge in [0, 0.05) is 22.1 Å². The first-order chi connectivity index (χ1) is 26.5. The van der Waals surface area contributed by atoms with Crippen LogP contribution < -0.4 is 0 Å². The summed E-state index contributed by atoms with van der Waals surface area (Å²) in [5.41, 5.74) is 7.38. The first-order valence-corrected chi connectivity index (χ1v) is 22.1. The average molecular weight is 808 g/mol. The normalized spacial score (nSPS) is 12.7. The Morgan fingerprint density at radius 1 is 0.877 bits per heavy atom. The molecule has 0 bridgehead atoms. The molecule has 0 fully saturated rings. The van der Waals surface area contributed by atoms with Crippen LogP contribution in [-0.4, -0.2) is 10.9 Å². The summed E-state index contributed by atoms with van der Waals surface area (Å²) in [4.78, 5) is 12.5. The lowest BCUT2D eigenvalue weighted by atomic mass is 9.82. The number of aliphatic hydroxyl groups excluding tert-OH is 1. The molecule has 1 aromatic carbocycles. The Labute approximate surface area is 358 Å². The van der Waals surface area contributed by atoms with E-state index in [1.54, 1.807) is 6.08 Å². The minimum Gasteiger partial charge on any atom is -0.508 e. The molecule has 4 heteroatoms. The minimum atomic E-state index is -0.172. The van der Waals surface area contributed by atoms with Gasteiger partial charge in [0.05, 0.1) is 0 Å². The maximum Gasteiger partial charge on any atom is 0.200 e. The molecule has 0 aliphatic carbocycles. The summed E-state index contributed by atoms with van der Waals surface area (Å²) in [5.74, 6) is 1.51. The van der Waals surface area contributed by atoms with Crippen molar-refractivity contribution in [2.24, 2.45) is 16.7 Å². The SMILES string of the molecule is C=C(/C=C(\c1oc(C(=O)C(C)CC)cc1C)C(C)(C)C)c1ccc(Cl)cc1.C=C(CC)C(=C\C=C(\C)CCC)/C(O)=C\C.CCC.CCCC.CCCC(C)(C)C. The lowest BCUT2D eigenvalue weighted by molar-refractivity contribution is 0.0898. The number of furan rings is 1. The monoisotopic (exact) mass is 807 g/mol. The van der Waals surface area contributed by atoms with Gasteiger partial charge < -0.3 is 9.52 Å². The largest absolute Gasteiger partial charge is 0.508 e. The fourth-order valence-electron chi connectivity index (χ4n) is 5.03. The van der Waals surface area contributed by atoms with Gasteiger partial charge in [-0.2, -0.15) is 0 Å². The van der Waals surface area contributed by atoms with E-state index in [0.717, 1.165) is 64.9 Å². The van der Waals surface area contributed by atoms with E-state index in [-0.39, 0.29) is 17.1 Å². The summed E-state index contributed by atoms with van der Waals surface area (Å²) < 4.78 is 6.06. The van der Waals surface area contributed by atoms with E-state index in [0.29, 0.717) is 22.0 Å². The third-order valence-corrected chi connectivity index (χ3v) is 9.09. The number of aliphatic hydroxyl groups is 1. The molecule has 1 unspecified atom stereocenters. The van der Waals surface area contributed by atoms with E-state index in [9.17, 15) is 9.90 Å². The van der Waals surface area contributed by atoms with Crippen LogP contribution in [0.5, 0.6) is 0 Å². The highest BCUT2D eigenvalue weighted by Gasteiger charge is 2.27. The summed E-state index contributed by atoms with van der Waals surface area (Å²) in [7, 11) is 0. The van der Waals surface area contributed by atoms with Gasteiger partial charge in [-0.05, 0) is 110 Å². The molecule has 0 aliphatic rings. The molecule has 0 aliphatic heterocycles. The Balaban J connectivity index is -0.000000817. The Morgan fingerprint density at radius 2 is 1.40 bits per heavy atom. The number of Topliss-reactive ketones (excluding diaryl/α,β-unsaturated/α-hetero) is 1. The van der Waals surface area contributed by atoms with Crippen molar-refractivity contribution in [3.8, 4) is 0 Å². The fraction of sp³-hybridized carbons (Fsp3) is 0.566. The van der Waals surface area contributed by atoms with E-state index in [4.69, 9.17) is 16.0 Å². The highest BCUT2D eigenvalue weighted by molar-refractivity contribution is 6.30. The van der Waals surface area contributed by atoms with Crippen molar-refractivity contribution in [3.05, 3.63) is 118 Å². The molecule has 0 saturated carbocycles. The average Bonchev–Trinajstić information content (AvgIpc) is 3.53. The number of ketones is 1. The highest BCUT2D eigenvalue weighted by Crippen LogP contribution is 2.39. The van der Waals surface area contributed by atoms with Crippen molar-refractivity contribution in [1.29, 1.82) is 0 Å². The van der Waals surface area contributed by atoms with E-state index in [1.165, 1.54) is 37.7 Å². The van der Waals surface area contributed by atoms with E-state index >= 15 is 0 Å². The van der Waals surface area contributed by atoms with Crippen LogP contribution in [-0.2, 0) is 0 Å². The van der Waals surface area contributed by atoms with Gasteiger partial charge in [0.1, 0.15) is 11.5 Å². The zero-order valence-corrected chi connectivity index (χ0v) is 40.9. The number of benzene rings is 1. The smallest absolute Gasteiger partial charge is 0.200 e. The molecule has 2 rings (SSSR count). The minimum absolute atomic E-state index is 0.0468. The topological polar surface area (TPSA) is 50.4 Å². The summed E-state index contributed by atoms with van der Waals surface area (Å²) in [6.45, 7) is 46.3. The van der Waals surface area contributed by atoms with Crippen LogP contribution in [0.4, 0.5) is 0 Å². The second-order valence-corrected chi connectivity index (χ2v) is 17.6. The predicted octanol–water partition coefficient (Wildman–Crippen LogP) is 18.8. The molecule has 1 atom stereocenters.